The average molecular weight is 270 g/mol. The van der Waals surface area contributed by atoms with E-state index in [-0.39, 0.29) is 11.7 Å². The number of H-pyrrole nitrogens is 1. The molecule has 104 valence electrons. The van der Waals surface area contributed by atoms with E-state index in [2.05, 4.69) is 9.97 Å². The first-order valence-electron chi connectivity index (χ1n) is 7.42. The molecule has 1 saturated carbocycles. The minimum absolute atomic E-state index is 0.00628. The fourth-order valence-electron chi connectivity index (χ4n) is 3.70. The highest BCUT2D eigenvalue weighted by atomic mass is 16.5. The van der Waals surface area contributed by atoms with E-state index < -0.39 is 0 Å². The van der Waals surface area contributed by atoms with Crippen molar-refractivity contribution < 1.29 is 4.74 Å². The number of nitrogens with one attached hydrogen (secondary N) is 1. The molecule has 0 amide bonds. The molecule has 2 aromatic heterocycles. The molecule has 2 aliphatic rings. The molecule has 0 bridgehead atoms. The Morgan fingerprint density at radius 3 is 2.95 bits per heavy atom. The van der Waals surface area contributed by atoms with Gasteiger partial charge >= 0.3 is 0 Å². The van der Waals surface area contributed by atoms with Crippen molar-refractivity contribution in [1.82, 2.24) is 9.97 Å². The maximum Gasteiger partial charge on any atom is 0.256 e. The van der Waals surface area contributed by atoms with E-state index in [0.29, 0.717) is 17.9 Å². The Morgan fingerprint density at radius 1 is 1.25 bits per heavy atom. The van der Waals surface area contributed by atoms with E-state index in [1.54, 1.807) is 18.5 Å². The van der Waals surface area contributed by atoms with Crippen LogP contribution in [0.3, 0.4) is 0 Å². The van der Waals surface area contributed by atoms with Crippen molar-refractivity contribution in [2.75, 3.05) is 0 Å². The number of fused-ring (bicyclic) bond motifs is 3. The number of pyridine rings is 2. The van der Waals surface area contributed by atoms with Crippen LogP contribution in [0.4, 0.5) is 0 Å². The third kappa shape index (κ3) is 1.86. The van der Waals surface area contributed by atoms with Gasteiger partial charge < -0.3 is 9.72 Å². The number of ether oxygens (including phenoxy) is 1. The topological polar surface area (TPSA) is 55.0 Å². The molecule has 1 unspecified atom stereocenters. The molecule has 20 heavy (non-hydrogen) atoms. The summed E-state index contributed by atoms with van der Waals surface area (Å²) in [6, 6.07) is 1.78. The van der Waals surface area contributed by atoms with Gasteiger partial charge in [0.2, 0.25) is 0 Å². The predicted octanol–water partition coefficient (Wildman–Crippen LogP) is 2.55. The lowest BCUT2D eigenvalue weighted by atomic mass is 9.92. The lowest BCUT2D eigenvalue weighted by Crippen LogP contribution is -2.31. The highest BCUT2D eigenvalue weighted by Crippen LogP contribution is 2.34. The number of aromatic nitrogens is 2. The van der Waals surface area contributed by atoms with Crippen molar-refractivity contribution in [3.8, 4) is 0 Å². The minimum Gasteiger partial charge on any atom is -0.373 e. The Hall–Kier alpha value is -1.68. The van der Waals surface area contributed by atoms with E-state index in [1.165, 1.54) is 25.7 Å². The number of nitrogens with zero attached hydrogens (tertiary/aromatic N) is 1. The van der Waals surface area contributed by atoms with Crippen LogP contribution in [0.25, 0.3) is 10.8 Å². The Morgan fingerprint density at radius 2 is 2.10 bits per heavy atom. The van der Waals surface area contributed by atoms with Gasteiger partial charge in [0.25, 0.3) is 5.56 Å². The molecule has 1 fully saturated rings. The summed E-state index contributed by atoms with van der Waals surface area (Å²) < 4.78 is 6.09. The van der Waals surface area contributed by atoms with Crippen LogP contribution in [-0.2, 0) is 17.8 Å². The van der Waals surface area contributed by atoms with Crippen LogP contribution >= 0.6 is 0 Å². The number of rotatable bonds is 1. The molecule has 2 aromatic rings. The molecular weight excluding hydrogens is 252 g/mol. The van der Waals surface area contributed by atoms with Gasteiger partial charge in [-0.1, -0.05) is 12.8 Å². The molecule has 1 aliphatic carbocycles. The second kappa shape index (κ2) is 4.70. The second-order valence-corrected chi connectivity index (χ2v) is 5.93. The number of aromatic amines is 1. The van der Waals surface area contributed by atoms with Crippen molar-refractivity contribution in [1.29, 1.82) is 0 Å². The van der Waals surface area contributed by atoms with E-state index in [0.717, 1.165) is 23.1 Å². The fourth-order valence-corrected chi connectivity index (χ4v) is 3.70. The highest BCUT2D eigenvalue weighted by Gasteiger charge is 2.30. The third-order valence-electron chi connectivity index (χ3n) is 4.79. The molecule has 4 nitrogen and oxygen atoms in total. The van der Waals surface area contributed by atoms with Crippen LogP contribution in [0.5, 0.6) is 0 Å². The average Bonchev–Trinajstić information content (AvgIpc) is 3.01. The van der Waals surface area contributed by atoms with Gasteiger partial charge in [-0.3, -0.25) is 9.78 Å². The summed E-state index contributed by atoms with van der Waals surface area (Å²) >= 11 is 0. The first kappa shape index (κ1) is 12.1. The van der Waals surface area contributed by atoms with Gasteiger partial charge in [0.1, 0.15) is 0 Å². The normalized spacial score (nSPS) is 23.1. The minimum atomic E-state index is -0.00628. The summed E-state index contributed by atoms with van der Waals surface area (Å²) in [5.41, 5.74) is 2.16. The lowest BCUT2D eigenvalue weighted by Gasteiger charge is -2.29. The Kier molecular flexibility index (Phi) is 2.84. The van der Waals surface area contributed by atoms with Gasteiger partial charge in [-0.05, 0) is 24.8 Å². The van der Waals surface area contributed by atoms with Gasteiger partial charge in [-0.2, -0.15) is 0 Å². The molecule has 0 aromatic carbocycles. The van der Waals surface area contributed by atoms with Crippen LogP contribution in [0.1, 0.15) is 36.9 Å². The molecule has 0 spiro atoms. The zero-order valence-corrected chi connectivity index (χ0v) is 11.4. The van der Waals surface area contributed by atoms with Gasteiger partial charge in [0.15, 0.2) is 0 Å². The largest absolute Gasteiger partial charge is 0.373 e. The molecule has 0 radical (unpaired) electrons. The van der Waals surface area contributed by atoms with Crippen molar-refractivity contribution in [2.24, 2.45) is 5.92 Å². The van der Waals surface area contributed by atoms with Crippen LogP contribution in [0.2, 0.25) is 0 Å². The molecule has 1 atom stereocenters. The summed E-state index contributed by atoms with van der Waals surface area (Å²) in [5, 5.41) is 1.65. The maximum absolute atomic E-state index is 12.2. The summed E-state index contributed by atoms with van der Waals surface area (Å²) in [7, 11) is 0. The zero-order chi connectivity index (χ0) is 13.5. The summed E-state index contributed by atoms with van der Waals surface area (Å²) in [4.78, 5) is 19.4. The Balaban J connectivity index is 1.76. The molecule has 1 aliphatic heterocycles. The monoisotopic (exact) mass is 270 g/mol. The molecule has 4 rings (SSSR count). The maximum atomic E-state index is 12.2. The molecule has 3 heterocycles. The second-order valence-electron chi connectivity index (χ2n) is 5.93. The van der Waals surface area contributed by atoms with Crippen LogP contribution in [0.15, 0.2) is 23.3 Å². The van der Waals surface area contributed by atoms with E-state index in [4.69, 9.17) is 4.74 Å². The van der Waals surface area contributed by atoms with Crippen molar-refractivity contribution in [3.63, 3.8) is 0 Å². The predicted molar refractivity (Wildman–Crippen MR) is 76.6 cm³/mol. The molecule has 0 saturated heterocycles. The Labute approximate surface area is 117 Å². The first-order valence-corrected chi connectivity index (χ1v) is 7.42. The quantitative estimate of drug-likeness (QED) is 0.866. The SMILES string of the molecule is O=c1[nH]c2c(c3cnccc13)COC(C1CCCC1)C2. The van der Waals surface area contributed by atoms with Gasteiger partial charge in [0.05, 0.1) is 18.1 Å². The molecular formula is C16H18N2O2. The van der Waals surface area contributed by atoms with E-state index >= 15 is 0 Å². The first-order chi connectivity index (χ1) is 9.83. The fraction of sp³-hybridized carbons (Fsp3) is 0.500. The van der Waals surface area contributed by atoms with Crippen molar-refractivity contribution in [3.05, 3.63) is 40.1 Å². The zero-order valence-electron chi connectivity index (χ0n) is 11.4. The van der Waals surface area contributed by atoms with Gasteiger partial charge in [-0.15, -0.1) is 0 Å². The third-order valence-corrected chi connectivity index (χ3v) is 4.79. The summed E-state index contributed by atoms with van der Waals surface area (Å²) in [6.45, 7) is 0.593. The Bertz CT molecular complexity index is 701. The van der Waals surface area contributed by atoms with Crippen molar-refractivity contribution in [2.45, 2.75) is 44.8 Å². The number of hydrogen-bond acceptors (Lipinski definition) is 3. The molecule has 4 heteroatoms. The van der Waals surface area contributed by atoms with Gasteiger partial charge in [-0.25, -0.2) is 0 Å². The standard InChI is InChI=1S/C16H18N2O2/c19-16-11-5-6-17-8-12(11)13-9-20-15(7-14(13)18-16)10-3-1-2-4-10/h5-6,8,10,15H,1-4,7,9H2,(H,18,19). The van der Waals surface area contributed by atoms with Crippen LogP contribution < -0.4 is 5.56 Å². The lowest BCUT2D eigenvalue weighted by molar-refractivity contribution is -0.00867. The summed E-state index contributed by atoms with van der Waals surface area (Å²) in [5.74, 6) is 0.663. The van der Waals surface area contributed by atoms with E-state index in [1.807, 2.05) is 0 Å². The van der Waals surface area contributed by atoms with Crippen molar-refractivity contribution >= 4 is 10.8 Å². The van der Waals surface area contributed by atoms with Crippen LogP contribution in [0, 0.1) is 5.92 Å². The van der Waals surface area contributed by atoms with Gasteiger partial charge in [0, 0.05) is 35.5 Å². The highest BCUT2D eigenvalue weighted by molar-refractivity contribution is 5.84. The van der Waals surface area contributed by atoms with Crippen LogP contribution in [-0.4, -0.2) is 16.1 Å². The van der Waals surface area contributed by atoms with E-state index in [9.17, 15) is 4.79 Å². The smallest absolute Gasteiger partial charge is 0.256 e. The number of hydrogen-bond donors (Lipinski definition) is 1. The molecule has 1 N–H and O–H groups in total. The summed E-state index contributed by atoms with van der Waals surface area (Å²) in [6.07, 6.45) is 9.71.